The van der Waals surface area contributed by atoms with Crippen LogP contribution in [0.3, 0.4) is 0 Å². The summed E-state index contributed by atoms with van der Waals surface area (Å²) in [5.74, 6) is 0.754. The van der Waals surface area contributed by atoms with E-state index in [-0.39, 0.29) is 17.7 Å². The molecule has 1 aliphatic rings. The third kappa shape index (κ3) is 6.00. The number of carbonyl (C=O) groups is 2. The fourth-order valence-electron chi connectivity index (χ4n) is 3.64. The van der Waals surface area contributed by atoms with Gasteiger partial charge in [-0.2, -0.15) is 0 Å². The molecule has 6 heteroatoms. The van der Waals surface area contributed by atoms with Gasteiger partial charge in [-0.25, -0.2) is 0 Å². The fourth-order valence-corrected chi connectivity index (χ4v) is 3.64. The predicted octanol–water partition coefficient (Wildman–Crippen LogP) is 4.42. The number of nitrogens with one attached hydrogen (secondary N) is 1. The number of piperazine rings is 1. The third-order valence-corrected chi connectivity index (χ3v) is 5.44. The molecule has 0 aliphatic carbocycles. The second-order valence-electron chi connectivity index (χ2n) is 8.17. The zero-order chi connectivity index (χ0) is 22.2. The molecule has 1 fully saturated rings. The second-order valence-corrected chi connectivity index (χ2v) is 8.17. The number of amides is 2. The van der Waals surface area contributed by atoms with Crippen LogP contribution in [-0.4, -0.2) is 49.5 Å². The van der Waals surface area contributed by atoms with E-state index in [9.17, 15) is 9.59 Å². The van der Waals surface area contributed by atoms with E-state index in [2.05, 4.69) is 17.1 Å². The summed E-state index contributed by atoms with van der Waals surface area (Å²) >= 11 is 0. The molecule has 0 bridgehead atoms. The Kier molecular flexibility index (Phi) is 7.93. The molecule has 1 saturated heterocycles. The third-order valence-electron chi connectivity index (χ3n) is 5.44. The minimum atomic E-state index is -0.165. The lowest BCUT2D eigenvalue weighted by Crippen LogP contribution is -2.50. The number of nitrogens with zero attached hydrogens (tertiary/aromatic N) is 2. The highest BCUT2D eigenvalue weighted by Gasteiger charge is 2.24. The number of hydrogen-bond acceptors (Lipinski definition) is 4. The highest BCUT2D eigenvalue weighted by Crippen LogP contribution is 2.27. The largest absolute Gasteiger partial charge is 0.494 e. The summed E-state index contributed by atoms with van der Waals surface area (Å²) in [6, 6.07) is 15.1. The maximum atomic E-state index is 12.9. The zero-order valence-corrected chi connectivity index (χ0v) is 18.8. The van der Waals surface area contributed by atoms with E-state index in [0.717, 1.165) is 37.3 Å². The van der Waals surface area contributed by atoms with Crippen LogP contribution < -0.4 is 15.0 Å². The van der Waals surface area contributed by atoms with Gasteiger partial charge in [0.1, 0.15) is 5.75 Å². The van der Waals surface area contributed by atoms with Crippen LogP contribution in [0.5, 0.6) is 5.75 Å². The predicted molar refractivity (Wildman–Crippen MR) is 125 cm³/mol. The molecule has 2 aromatic carbocycles. The van der Waals surface area contributed by atoms with Crippen molar-refractivity contribution < 1.29 is 14.3 Å². The molecule has 1 heterocycles. The number of unbranched alkanes of at least 4 members (excludes halogenated alkanes) is 1. The Hall–Kier alpha value is -3.02. The molecular weight excluding hydrogens is 390 g/mol. The van der Waals surface area contributed by atoms with E-state index < -0.39 is 0 Å². The van der Waals surface area contributed by atoms with E-state index in [1.807, 2.05) is 55.1 Å². The van der Waals surface area contributed by atoms with Crippen molar-refractivity contribution in [1.82, 2.24) is 4.90 Å². The maximum absolute atomic E-state index is 12.9. The lowest BCUT2D eigenvalue weighted by molar-refractivity contribution is -0.134. The number of anilines is 2. The summed E-state index contributed by atoms with van der Waals surface area (Å²) in [5, 5.41) is 3.05. The lowest BCUT2D eigenvalue weighted by Gasteiger charge is -2.37. The molecular formula is C25H33N3O3. The van der Waals surface area contributed by atoms with Gasteiger partial charge in [-0.15, -0.1) is 0 Å². The number of hydrogen-bond donors (Lipinski definition) is 1. The first kappa shape index (κ1) is 22.7. The molecule has 1 aliphatic heterocycles. The molecule has 2 aromatic rings. The maximum Gasteiger partial charge on any atom is 0.255 e. The van der Waals surface area contributed by atoms with Crippen LogP contribution in [0.1, 0.15) is 44.0 Å². The van der Waals surface area contributed by atoms with Crippen molar-refractivity contribution in [2.24, 2.45) is 5.92 Å². The Morgan fingerprint density at radius 1 is 1.03 bits per heavy atom. The monoisotopic (exact) mass is 423 g/mol. The van der Waals surface area contributed by atoms with Crippen molar-refractivity contribution in [1.29, 1.82) is 0 Å². The molecule has 2 amide bonds. The van der Waals surface area contributed by atoms with Gasteiger partial charge in [0.2, 0.25) is 5.91 Å². The van der Waals surface area contributed by atoms with E-state index in [4.69, 9.17) is 4.74 Å². The van der Waals surface area contributed by atoms with Crippen LogP contribution in [0, 0.1) is 5.92 Å². The van der Waals surface area contributed by atoms with Gasteiger partial charge in [0.15, 0.2) is 0 Å². The van der Waals surface area contributed by atoms with Gasteiger partial charge < -0.3 is 19.9 Å². The molecule has 0 aromatic heterocycles. The van der Waals surface area contributed by atoms with Gasteiger partial charge in [-0.05, 0) is 36.8 Å². The molecule has 0 saturated carbocycles. The summed E-state index contributed by atoms with van der Waals surface area (Å²) in [7, 11) is 0. The van der Waals surface area contributed by atoms with Gasteiger partial charge >= 0.3 is 0 Å². The first-order chi connectivity index (χ1) is 15.0. The number of rotatable bonds is 8. The van der Waals surface area contributed by atoms with Crippen LogP contribution in [-0.2, 0) is 4.79 Å². The summed E-state index contributed by atoms with van der Waals surface area (Å²) < 4.78 is 5.73. The SMILES string of the molecule is CCCCOc1cccc(C(=O)Nc2ccccc2N2CCN(C(=O)C(C)C)CC2)c1. The van der Waals surface area contributed by atoms with E-state index in [1.165, 1.54) is 0 Å². The van der Waals surface area contributed by atoms with Crippen LogP contribution in [0.25, 0.3) is 0 Å². The smallest absolute Gasteiger partial charge is 0.255 e. The molecule has 0 radical (unpaired) electrons. The average Bonchev–Trinajstić information content (AvgIpc) is 2.79. The van der Waals surface area contributed by atoms with Gasteiger partial charge in [-0.1, -0.05) is 45.4 Å². The topological polar surface area (TPSA) is 61.9 Å². The molecule has 0 atom stereocenters. The molecule has 0 unspecified atom stereocenters. The summed E-state index contributed by atoms with van der Waals surface area (Å²) in [4.78, 5) is 29.3. The normalized spacial score (nSPS) is 13.9. The van der Waals surface area contributed by atoms with Crippen molar-refractivity contribution in [3.63, 3.8) is 0 Å². The Morgan fingerprint density at radius 2 is 1.77 bits per heavy atom. The lowest BCUT2D eigenvalue weighted by atomic mass is 10.1. The Morgan fingerprint density at radius 3 is 2.48 bits per heavy atom. The Bertz CT molecular complexity index is 889. The highest BCUT2D eigenvalue weighted by molar-refractivity contribution is 6.06. The summed E-state index contributed by atoms with van der Waals surface area (Å²) in [6.45, 7) is 9.50. The first-order valence-corrected chi connectivity index (χ1v) is 11.2. The van der Waals surface area contributed by atoms with Crippen molar-refractivity contribution in [3.05, 3.63) is 54.1 Å². The minimum Gasteiger partial charge on any atom is -0.494 e. The molecule has 3 rings (SSSR count). The van der Waals surface area contributed by atoms with Crippen LogP contribution in [0.15, 0.2) is 48.5 Å². The molecule has 1 N–H and O–H groups in total. The van der Waals surface area contributed by atoms with Crippen LogP contribution >= 0.6 is 0 Å². The number of carbonyl (C=O) groups excluding carboxylic acids is 2. The van der Waals surface area contributed by atoms with Crippen LogP contribution in [0.4, 0.5) is 11.4 Å². The fraction of sp³-hybridized carbons (Fsp3) is 0.440. The standard InChI is InChI=1S/C25H33N3O3/c1-4-5-17-31-21-10-8-9-20(18-21)24(29)26-22-11-6-7-12-23(22)27-13-15-28(16-14-27)25(30)19(2)3/h6-12,18-19H,4-5,13-17H2,1-3H3,(H,26,29). The zero-order valence-electron chi connectivity index (χ0n) is 18.8. The molecule has 166 valence electrons. The summed E-state index contributed by atoms with van der Waals surface area (Å²) in [6.07, 6.45) is 2.05. The van der Waals surface area contributed by atoms with Gasteiger partial charge in [0.05, 0.1) is 18.0 Å². The van der Waals surface area contributed by atoms with E-state index >= 15 is 0 Å². The van der Waals surface area contributed by atoms with Crippen molar-refractivity contribution >= 4 is 23.2 Å². The minimum absolute atomic E-state index is 0.0137. The molecule has 0 spiro atoms. The van der Waals surface area contributed by atoms with Crippen LogP contribution in [0.2, 0.25) is 0 Å². The first-order valence-electron chi connectivity index (χ1n) is 11.2. The average molecular weight is 424 g/mol. The van der Waals surface area contributed by atoms with Gasteiger partial charge in [0.25, 0.3) is 5.91 Å². The van der Waals surface area contributed by atoms with E-state index in [0.29, 0.717) is 31.0 Å². The number of para-hydroxylation sites is 2. The Labute approximate surface area is 185 Å². The molecule has 6 nitrogen and oxygen atoms in total. The summed E-state index contributed by atoms with van der Waals surface area (Å²) in [5.41, 5.74) is 2.31. The molecule has 31 heavy (non-hydrogen) atoms. The van der Waals surface area contributed by atoms with Crippen molar-refractivity contribution in [3.8, 4) is 5.75 Å². The van der Waals surface area contributed by atoms with Gasteiger partial charge in [-0.3, -0.25) is 9.59 Å². The number of benzene rings is 2. The van der Waals surface area contributed by atoms with Gasteiger partial charge in [0, 0.05) is 37.7 Å². The highest BCUT2D eigenvalue weighted by atomic mass is 16.5. The quantitative estimate of drug-likeness (QED) is 0.639. The number of ether oxygens (including phenoxy) is 1. The van der Waals surface area contributed by atoms with Crippen molar-refractivity contribution in [2.75, 3.05) is 43.0 Å². The Balaban J connectivity index is 1.67. The second kappa shape index (κ2) is 10.8. The van der Waals surface area contributed by atoms with E-state index in [1.54, 1.807) is 12.1 Å². The van der Waals surface area contributed by atoms with Crippen molar-refractivity contribution in [2.45, 2.75) is 33.6 Å².